The van der Waals surface area contributed by atoms with Crippen LogP contribution in [-0.4, -0.2) is 29.1 Å². The Kier molecular flexibility index (Phi) is 6.21. The Morgan fingerprint density at radius 3 is 2.07 bits per heavy atom. The Balaban J connectivity index is 1.14. The minimum absolute atomic E-state index is 0.548. The van der Waals surface area contributed by atoms with Crippen molar-refractivity contribution in [3.8, 4) is 34.2 Å². The van der Waals surface area contributed by atoms with Gasteiger partial charge in [0.05, 0.1) is 39.4 Å². The predicted octanol–water partition coefficient (Wildman–Crippen LogP) is 11.8. The number of hydrogen-bond acceptors (Lipinski definition) is 5. The van der Waals surface area contributed by atoms with E-state index in [1.807, 2.05) is 42.7 Å². The summed E-state index contributed by atoms with van der Waals surface area (Å²) in [6.45, 7) is 0. The molecule has 7 heteroatoms. The van der Waals surface area contributed by atoms with Gasteiger partial charge in [-0.05, 0) is 65.7 Å². The van der Waals surface area contributed by atoms with Crippen LogP contribution in [0.15, 0.2) is 175 Å². The van der Waals surface area contributed by atoms with E-state index in [4.69, 9.17) is 19.4 Å². The molecule has 0 atom stereocenters. The van der Waals surface area contributed by atoms with Crippen molar-refractivity contribution in [2.45, 2.75) is 0 Å². The van der Waals surface area contributed by atoms with Gasteiger partial charge in [-0.1, -0.05) is 97.1 Å². The van der Waals surface area contributed by atoms with Crippen LogP contribution in [0.5, 0.6) is 0 Å². The average Bonchev–Trinajstić information content (AvgIpc) is 3.96. The molecule has 6 aromatic carbocycles. The van der Waals surface area contributed by atoms with Crippen molar-refractivity contribution in [2.24, 2.45) is 0 Å². The van der Waals surface area contributed by atoms with Crippen molar-refractivity contribution < 1.29 is 4.42 Å². The Morgan fingerprint density at radius 2 is 1.22 bits per heavy atom. The fourth-order valence-electron chi connectivity index (χ4n) is 8.51. The number of aromatic nitrogens is 6. The summed E-state index contributed by atoms with van der Waals surface area (Å²) in [6.07, 6.45) is 5.40. The summed E-state index contributed by atoms with van der Waals surface area (Å²) in [5.41, 5.74) is 11.0. The molecule has 0 bridgehead atoms. The normalized spacial score (nSPS) is 12.0. The highest BCUT2D eigenvalue weighted by atomic mass is 16.3. The lowest BCUT2D eigenvalue weighted by Crippen LogP contribution is -2.03. The number of rotatable bonds is 4. The van der Waals surface area contributed by atoms with E-state index < -0.39 is 0 Å². The quantitative estimate of drug-likeness (QED) is 0.171. The first kappa shape index (κ1) is 29.9. The van der Waals surface area contributed by atoms with E-state index in [0.29, 0.717) is 11.5 Å². The van der Waals surface area contributed by atoms with Gasteiger partial charge in [-0.3, -0.25) is 9.55 Å². The van der Waals surface area contributed by atoms with Gasteiger partial charge in [0, 0.05) is 55.8 Å². The first-order chi connectivity index (χ1) is 27.3. The van der Waals surface area contributed by atoms with Crippen molar-refractivity contribution in [3.05, 3.63) is 170 Å². The zero-order chi connectivity index (χ0) is 36.0. The first-order valence-corrected chi connectivity index (χ1v) is 18.3. The van der Waals surface area contributed by atoms with E-state index >= 15 is 0 Å². The number of nitrogens with zero attached hydrogens (tertiary/aromatic N) is 6. The van der Waals surface area contributed by atoms with Gasteiger partial charge in [-0.2, -0.15) is 0 Å². The molecule has 12 rings (SSSR count). The van der Waals surface area contributed by atoms with Gasteiger partial charge in [0.15, 0.2) is 5.82 Å². The van der Waals surface area contributed by atoms with E-state index in [1.165, 1.54) is 10.8 Å². The Bertz CT molecular complexity index is 3520. The van der Waals surface area contributed by atoms with E-state index in [9.17, 15) is 0 Å². The molecule has 0 aliphatic rings. The number of fused-ring (bicyclic) bond motifs is 11. The van der Waals surface area contributed by atoms with Gasteiger partial charge in [0.2, 0.25) is 0 Å². The van der Waals surface area contributed by atoms with Gasteiger partial charge < -0.3 is 8.98 Å². The fraction of sp³-hybridized carbons (Fsp3) is 0. The molecule has 0 amide bonds. The monoisotopic (exact) mass is 704 g/mol. The third kappa shape index (κ3) is 4.38. The third-order valence-corrected chi connectivity index (χ3v) is 10.9. The molecule has 7 nitrogen and oxygen atoms in total. The Labute approximate surface area is 313 Å². The topological polar surface area (TPSA) is 74.6 Å². The van der Waals surface area contributed by atoms with Crippen LogP contribution in [-0.2, 0) is 0 Å². The van der Waals surface area contributed by atoms with E-state index in [2.05, 4.69) is 135 Å². The molecule has 12 aromatic rings. The van der Waals surface area contributed by atoms with Crippen molar-refractivity contribution in [3.63, 3.8) is 0 Å². The van der Waals surface area contributed by atoms with E-state index in [0.717, 1.165) is 88.2 Å². The summed E-state index contributed by atoms with van der Waals surface area (Å²) < 4.78 is 10.5. The van der Waals surface area contributed by atoms with Crippen LogP contribution in [0.2, 0.25) is 0 Å². The second-order valence-corrected chi connectivity index (χ2v) is 13.9. The number of pyridine rings is 2. The highest BCUT2D eigenvalue weighted by Gasteiger charge is 2.22. The zero-order valence-electron chi connectivity index (χ0n) is 29.3. The standard InChI is InChI=1S/C48H28N6O/c1-3-14-40-34(11-1)37-20-21-38-35-12-2-4-15-41(35)54(43-23-26-50-48(52-43)39-22-19-30-18-17-29-9-7-25-49-44(29)45(30)51-39)47(38)46(37)53(40)32-10-5-8-31(28-32)33-13-6-16-42-36(33)24-27-55-42/h1-28H. The van der Waals surface area contributed by atoms with Crippen LogP contribution in [0.1, 0.15) is 0 Å². The van der Waals surface area contributed by atoms with Crippen LogP contribution >= 0.6 is 0 Å². The van der Waals surface area contributed by atoms with Crippen molar-refractivity contribution >= 4 is 76.4 Å². The molecule has 0 saturated carbocycles. The molecule has 0 saturated heterocycles. The second kappa shape index (κ2) is 11.4. The van der Waals surface area contributed by atoms with Crippen molar-refractivity contribution in [2.75, 3.05) is 0 Å². The van der Waals surface area contributed by atoms with Crippen molar-refractivity contribution in [1.29, 1.82) is 0 Å². The van der Waals surface area contributed by atoms with Gasteiger partial charge in [0.25, 0.3) is 0 Å². The summed E-state index contributed by atoms with van der Waals surface area (Å²) >= 11 is 0. The van der Waals surface area contributed by atoms with Gasteiger partial charge >= 0.3 is 0 Å². The summed E-state index contributed by atoms with van der Waals surface area (Å²) in [7, 11) is 0. The minimum Gasteiger partial charge on any atom is -0.464 e. The number of benzene rings is 6. The first-order valence-electron chi connectivity index (χ1n) is 18.3. The molecule has 0 spiro atoms. The summed E-state index contributed by atoms with van der Waals surface area (Å²) in [5.74, 6) is 1.31. The lowest BCUT2D eigenvalue weighted by atomic mass is 10.0. The molecule has 0 aliphatic carbocycles. The lowest BCUT2D eigenvalue weighted by Gasteiger charge is -2.14. The van der Waals surface area contributed by atoms with Crippen LogP contribution in [0, 0.1) is 0 Å². The van der Waals surface area contributed by atoms with Crippen LogP contribution in [0.3, 0.4) is 0 Å². The number of para-hydroxylation sites is 2. The molecule has 55 heavy (non-hydrogen) atoms. The summed E-state index contributed by atoms with van der Waals surface area (Å²) in [5, 5.41) is 7.81. The van der Waals surface area contributed by atoms with Crippen LogP contribution < -0.4 is 0 Å². The zero-order valence-corrected chi connectivity index (χ0v) is 29.3. The Hall–Kier alpha value is -7.64. The largest absolute Gasteiger partial charge is 0.464 e. The summed E-state index contributed by atoms with van der Waals surface area (Å²) in [4.78, 5) is 19.8. The number of hydrogen-bond donors (Lipinski definition) is 0. The molecule has 6 heterocycles. The maximum Gasteiger partial charge on any atom is 0.180 e. The van der Waals surface area contributed by atoms with Crippen LogP contribution in [0.25, 0.3) is 111 Å². The minimum atomic E-state index is 0.548. The third-order valence-electron chi connectivity index (χ3n) is 10.9. The van der Waals surface area contributed by atoms with Gasteiger partial charge in [-0.15, -0.1) is 0 Å². The van der Waals surface area contributed by atoms with Crippen molar-refractivity contribution in [1.82, 2.24) is 29.1 Å². The fourth-order valence-corrected chi connectivity index (χ4v) is 8.51. The molecule has 6 aromatic heterocycles. The SMILES string of the molecule is c1cc(-c2cccc3occc23)cc(-n2c3ccccc3c3ccc4c5ccccc5n(-c5ccnc(-c6ccc7ccc8cccnc8c7n6)n5)c4c32)c1. The Morgan fingerprint density at radius 1 is 0.473 bits per heavy atom. The maximum atomic E-state index is 5.78. The molecule has 256 valence electrons. The molecular weight excluding hydrogens is 677 g/mol. The maximum absolute atomic E-state index is 5.78. The summed E-state index contributed by atoms with van der Waals surface area (Å²) in [6, 6.07) is 53.1. The van der Waals surface area contributed by atoms with E-state index in [1.54, 1.807) is 6.26 Å². The lowest BCUT2D eigenvalue weighted by molar-refractivity contribution is 0.616. The second-order valence-electron chi connectivity index (χ2n) is 13.9. The van der Waals surface area contributed by atoms with Crippen LogP contribution in [0.4, 0.5) is 0 Å². The predicted molar refractivity (Wildman–Crippen MR) is 222 cm³/mol. The highest BCUT2D eigenvalue weighted by molar-refractivity contribution is 6.23. The molecule has 0 radical (unpaired) electrons. The molecular formula is C48H28N6O. The molecule has 0 fully saturated rings. The van der Waals surface area contributed by atoms with Gasteiger partial charge in [-0.25, -0.2) is 15.0 Å². The smallest absolute Gasteiger partial charge is 0.180 e. The highest BCUT2D eigenvalue weighted by Crippen LogP contribution is 2.42. The van der Waals surface area contributed by atoms with Gasteiger partial charge in [0.1, 0.15) is 17.1 Å². The van der Waals surface area contributed by atoms with E-state index in [-0.39, 0.29) is 0 Å². The molecule has 0 aliphatic heterocycles. The average molecular weight is 705 g/mol. The molecule has 0 N–H and O–H groups in total. The molecule has 0 unspecified atom stereocenters. The number of furan rings is 1.